The quantitative estimate of drug-likeness (QED) is 0.253. The Bertz CT molecular complexity index is 190. The summed E-state index contributed by atoms with van der Waals surface area (Å²) in [6, 6.07) is 0. The van der Waals surface area contributed by atoms with E-state index in [9.17, 15) is 0 Å². The smallest absolute Gasteiger partial charge is 0.0348 e. The molecular formula is C18H34. The minimum absolute atomic E-state index is 0.958. The zero-order valence-corrected chi connectivity index (χ0v) is 12.8. The lowest BCUT2D eigenvalue weighted by molar-refractivity contribution is 0.417. The molecule has 0 aromatic carbocycles. The van der Waals surface area contributed by atoms with Crippen LogP contribution in [0.15, 0.2) is 24.8 Å². The second-order valence-corrected chi connectivity index (χ2v) is 5.39. The molecule has 0 bridgehead atoms. The third kappa shape index (κ3) is 12.0. The highest BCUT2D eigenvalue weighted by Gasteiger charge is 2.04. The van der Waals surface area contributed by atoms with E-state index in [1.54, 1.807) is 0 Å². The standard InChI is InChI=1S/C18H34/c1-4-7-9-11-12-13-15-17-18(6-3)16-14-10-8-5-2/h4,12-13,18H,1,5-11,14-17H2,2-3H3. The van der Waals surface area contributed by atoms with Gasteiger partial charge in [0.25, 0.3) is 0 Å². The normalized spacial score (nSPS) is 13.0. The molecule has 0 saturated heterocycles. The van der Waals surface area contributed by atoms with Crippen molar-refractivity contribution in [1.82, 2.24) is 0 Å². The minimum Gasteiger partial charge on any atom is -0.103 e. The van der Waals surface area contributed by atoms with Crippen molar-refractivity contribution < 1.29 is 0 Å². The summed E-state index contributed by atoms with van der Waals surface area (Å²) in [5, 5.41) is 0. The molecule has 1 atom stereocenters. The Morgan fingerprint density at radius 3 is 2.28 bits per heavy atom. The number of hydrogen-bond donors (Lipinski definition) is 0. The van der Waals surface area contributed by atoms with Crippen LogP contribution in [0.5, 0.6) is 0 Å². The number of unbranched alkanes of at least 4 members (excludes halogenated alkanes) is 5. The summed E-state index contributed by atoms with van der Waals surface area (Å²) in [5.74, 6) is 0.958. The molecule has 0 heterocycles. The summed E-state index contributed by atoms with van der Waals surface area (Å²) in [7, 11) is 0. The largest absolute Gasteiger partial charge is 0.103 e. The molecule has 0 aliphatic rings. The minimum atomic E-state index is 0.958. The highest BCUT2D eigenvalue weighted by Crippen LogP contribution is 2.19. The van der Waals surface area contributed by atoms with Gasteiger partial charge >= 0.3 is 0 Å². The van der Waals surface area contributed by atoms with Gasteiger partial charge in [0, 0.05) is 0 Å². The van der Waals surface area contributed by atoms with Gasteiger partial charge in [-0.15, -0.1) is 6.58 Å². The van der Waals surface area contributed by atoms with E-state index in [4.69, 9.17) is 0 Å². The number of hydrogen-bond acceptors (Lipinski definition) is 0. The SMILES string of the molecule is C=CCCCC=CCCC(CC)CCCCCC. The molecule has 106 valence electrons. The topological polar surface area (TPSA) is 0 Å². The van der Waals surface area contributed by atoms with Gasteiger partial charge in [0.2, 0.25) is 0 Å². The van der Waals surface area contributed by atoms with Gasteiger partial charge < -0.3 is 0 Å². The molecule has 0 aromatic rings. The molecule has 0 amide bonds. The predicted octanol–water partition coefficient (Wildman–Crippen LogP) is 6.68. The van der Waals surface area contributed by atoms with Crippen molar-refractivity contribution in [2.24, 2.45) is 5.92 Å². The van der Waals surface area contributed by atoms with Crippen molar-refractivity contribution in [1.29, 1.82) is 0 Å². The first-order valence-electron chi connectivity index (χ1n) is 8.11. The maximum absolute atomic E-state index is 3.75. The molecule has 1 unspecified atom stereocenters. The molecular weight excluding hydrogens is 216 g/mol. The highest BCUT2D eigenvalue weighted by atomic mass is 14.1. The summed E-state index contributed by atoms with van der Waals surface area (Å²) in [6.07, 6.45) is 21.5. The molecule has 0 rings (SSSR count). The molecule has 0 aliphatic heterocycles. The van der Waals surface area contributed by atoms with Crippen molar-refractivity contribution in [2.75, 3.05) is 0 Å². The third-order valence-corrected chi connectivity index (χ3v) is 3.73. The Morgan fingerprint density at radius 2 is 1.61 bits per heavy atom. The van der Waals surface area contributed by atoms with Crippen LogP contribution >= 0.6 is 0 Å². The van der Waals surface area contributed by atoms with Crippen molar-refractivity contribution >= 4 is 0 Å². The summed E-state index contributed by atoms with van der Waals surface area (Å²) in [4.78, 5) is 0. The van der Waals surface area contributed by atoms with E-state index in [0.29, 0.717) is 0 Å². The molecule has 0 radical (unpaired) electrons. The molecule has 0 nitrogen and oxygen atoms in total. The van der Waals surface area contributed by atoms with Gasteiger partial charge in [0.1, 0.15) is 0 Å². The molecule has 0 heteroatoms. The van der Waals surface area contributed by atoms with E-state index >= 15 is 0 Å². The van der Waals surface area contributed by atoms with Crippen molar-refractivity contribution in [3.05, 3.63) is 24.8 Å². The van der Waals surface area contributed by atoms with Crippen LogP contribution in [0.1, 0.15) is 84.5 Å². The fraction of sp³-hybridized carbons (Fsp3) is 0.778. The van der Waals surface area contributed by atoms with Gasteiger partial charge in [-0.05, 0) is 38.0 Å². The molecule has 0 aliphatic carbocycles. The first kappa shape index (κ1) is 17.5. The van der Waals surface area contributed by atoms with Gasteiger partial charge in [0.05, 0.1) is 0 Å². The van der Waals surface area contributed by atoms with Crippen LogP contribution in [0.4, 0.5) is 0 Å². The van der Waals surface area contributed by atoms with Gasteiger partial charge in [-0.2, -0.15) is 0 Å². The van der Waals surface area contributed by atoms with Crippen LogP contribution in [0.25, 0.3) is 0 Å². The Balaban J connectivity index is 3.45. The predicted molar refractivity (Wildman–Crippen MR) is 85.0 cm³/mol. The first-order chi connectivity index (χ1) is 8.85. The van der Waals surface area contributed by atoms with E-state index in [1.807, 2.05) is 6.08 Å². The second-order valence-electron chi connectivity index (χ2n) is 5.39. The number of rotatable bonds is 13. The van der Waals surface area contributed by atoms with Crippen LogP contribution in [0.2, 0.25) is 0 Å². The monoisotopic (exact) mass is 250 g/mol. The molecule has 18 heavy (non-hydrogen) atoms. The van der Waals surface area contributed by atoms with Crippen molar-refractivity contribution in [3.63, 3.8) is 0 Å². The van der Waals surface area contributed by atoms with Crippen LogP contribution in [-0.2, 0) is 0 Å². The fourth-order valence-corrected chi connectivity index (χ4v) is 2.36. The maximum atomic E-state index is 3.75. The lowest BCUT2D eigenvalue weighted by Crippen LogP contribution is -1.98. The van der Waals surface area contributed by atoms with E-state index in [-0.39, 0.29) is 0 Å². The van der Waals surface area contributed by atoms with Crippen LogP contribution in [0.3, 0.4) is 0 Å². The van der Waals surface area contributed by atoms with E-state index in [0.717, 1.165) is 12.3 Å². The molecule has 0 fully saturated rings. The van der Waals surface area contributed by atoms with Crippen LogP contribution < -0.4 is 0 Å². The van der Waals surface area contributed by atoms with Gasteiger partial charge in [0.15, 0.2) is 0 Å². The van der Waals surface area contributed by atoms with Crippen LogP contribution in [0, 0.1) is 5.92 Å². The molecule has 0 saturated carbocycles. The molecule has 0 aromatic heterocycles. The Labute approximate surface area is 116 Å². The van der Waals surface area contributed by atoms with E-state index in [1.165, 1.54) is 64.2 Å². The van der Waals surface area contributed by atoms with Gasteiger partial charge in [-0.1, -0.05) is 70.6 Å². The Morgan fingerprint density at radius 1 is 0.833 bits per heavy atom. The lowest BCUT2D eigenvalue weighted by atomic mass is 9.93. The van der Waals surface area contributed by atoms with E-state index < -0.39 is 0 Å². The fourth-order valence-electron chi connectivity index (χ4n) is 2.36. The first-order valence-corrected chi connectivity index (χ1v) is 8.11. The Kier molecular flexibility index (Phi) is 14.1. The van der Waals surface area contributed by atoms with Gasteiger partial charge in [-0.3, -0.25) is 0 Å². The Hall–Kier alpha value is -0.520. The van der Waals surface area contributed by atoms with Gasteiger partial charge in [-0.25, -0.2) is 0 Å². The zero-order valence-electron chi connectivity index (χ0n) is 12.8. The van der Waals surface area contributed by atoms with Crippen LogP contribution in [-0.4, -0.2) is 0 Å². The zero-order chi connectivity index (χ0) is 13.5. The molecule has 0 spiro atoms. The third-order valence-electron chi connectivity index (χ3n) is 3.73. The summed E-state index contributed by atoms with van der Waals surface area (Å²) < 4.78 is 0. The average Bonchev–Trinajstić information content (AvgIpc) is 2.40. The second kappa shape index (κ2) is 14.5. The van der Waals surface area contributed by atoms with E-state index in [2.05, 4.69) is 32.6 Å². The van der Waals surface area contributed by atoms with Crippen molar-refractivity contribution in [3.8, 4) is 0 Å². The summed E-state index contributed by atoms with van der Waals surface area (Å²) >= 11 is 0. The lowest BCUT2D eigenvalue weighted by Gasteiger charge is -2.13. The summed E-state index contributed by atoms with van der Waals surface area (Å²) in [6.45, 7) is 8.38. The highest BCUT2D eigenvalue weighted by molar-refractivity contribution is 4.83. The number of allylic oxidation sites excluding steroid dienone is 3. The summed E-state index contributed by atoms with van der Waals surface area (Å²) in [5.41, 5.74) is 0. The maximum Gasteiger partial charge on any atom is -0.0348 e. The van der Waals surface area contributed by atoms with Crippen molar-refractivity contribution in [2.45, 2.75) is 84.5 Å². The average molecular weight is 250 g/mol. The molecule has 0 N–H and O–H groups in total.